The summed E-state index contributed by atoms with van der Waals surface area (Å²) in [5.41, 5.74) is 0.280. The van der Waals surface area contributed by atoms with E-state index in [1.807, 2.05) is 24.3 Å². The summed E-state index contributed by atoms with van der Waals surface area (Å²) >= 11 is 0. The molecule has 0 saturated carbocycles. The molecule has 3 amide bonds. The average Bonchev–Trinajstić information content (AvgIpc) is 2.67. The van der Waals surface area contributed by atoms with Gasteiger partial charge in [-0.3, -0.25) is 9.69 Å². The van der Waals surface area contributed by atoms with Gasteiger partial charge in [0, 0.05) is 0 Å². The largest absolute Gasteiger partial charge is 0.491 e. The highest BCUT2D eigenvalue weighted by Gasteiger charge is 2.44. The first-order valence-electron chi connectivity index (χ1n) is 7.37. The number of hydrogen-bond acceptors (Lipinski definition) is 4. The lowest BCUT2D eigenvalue weighted by atomic mass is 10.1. The average molecular weight is 306 g/mol. The number of aliphatic hydroxyl groups excluding tert-OH is 1. The number of imide groups is 1. The monoisotopic (exact) mass is 306 g/mol. The van der Waals surface area contributed by atoms with Crippen molar-refractivity contribution in [1.82, 2.24) is 10.2 Å². The number of carbonyl (C=O) groups is 2. The van der Waals surface area contributed by atoms with Gasteiger partial charge in [-0.2, -0.15) is 0 Å². The summed E-state index contributed by atoms with van der Waals surface area (Å²) in [6.45, 7) is 5.26. The van der Waals surface area contributed by atoms with Gasteiger partial charge in [-0.15, -0.1) is 0 Å². The Kier molecular flexibility index (Phi) is 4.71. The molecule has 1 saturated heterocycles. The van der Waals surface area contributed by atoms with E-state index in [0.717, 1.165) is 11.3 Å². The Labute approximate surface area is 130 Å². The fourth-order valence-corrected chi connectivity index (χ4v) is 2.26. The van der Waals surface area contributed by atoms with Gasteiger partial charge in [0.2, 0.25) is 0 Å². The van der Waals surface area contributed by atoms with E-state index in [1.54, 1.807) is 13.8 Å². The van der Waals surface area contributed by atoms with Crippen LogP contribution in [0.3, 0.4) is 0 Å². The van der Waals surface area contributed by atoms with Crippen LogP contribution in [-0.4, -0.2) is 46.7 Å². The van der Waals surface area contributed by atoms with Gasteiger partial charge in [0.1, 0.15) is 24.0 Å². The minimum atomic E-state index is -0.936. The van der Waals surface area contributed by atoms with Crippen LogP contribution in [0.2, 0.25) is 0 Å². The maximum atomic E-state index is 12.0. The highest BCUT2D eigenvalue weighted by molar-refractivity contribution is 6.06. The summed E-state index contributed by atoms with van der Waals surface area (Å²) in [7, 11) is 0. The lowest BCUT2D eigenvalue weighted by Crippen LogP contribution is -2.42. The Hall–Kier alpha value is -2.08. The Morgan fingerprint density at radius 2 is 1.91 bits per heavy atom. The number of benzene rings is 1. The van der Waals surface area contributed by atoms with Crippen molar-refractivity contribution < 1.29 is 19.4 Å². The van der Waals surface area contributed by atoms with E-state index in [0.29, 0.717) is 5.75 Å². The number of ether oxygens (including phenoxy) is 1. The van der Waals surface area contributed by atoms with Crippen molar-refractivity contribution in [2.45, 2.75) is 38.8 Å². The molecule has 1 aliphatic heterocycles. The van der Waals surface area contributed by atoms with E-state index >= 15 is 0 Å². The Morgan fingerprint density at radius 3 is 2.41 bits per heavy atom. The molecule has 1 heterocycles. The number of nitrogens with one attached hydrogen (secondary N) is 1. The minimum Gasteiger partial charge on any atom is -0.491 e. The fourth-order valence-electron chi connectivity index (χ4n) is 2.26. The third-order valence-corrected chi connectivity index (χ3v) is 3.61. The first kappa shape index (κ1) is 16.3. The second kappa shape index (κ2) is 6.36. The maximum absolute atomic E-state index is 12.0. The Morgan fingerprint density at radius 1 is 1.27 bits per heavy atom. The molecular weight excluding hydrogens is 284 g/mol. The second-order valence-corrected chi connectivity index (χ2v) is 5.93. The van der Waals surface area contributed by atoms with Crippen molar-refractivity contribution >= 4 is 11.9 Å². The standard InChI is InChI=1S/C16H22N2O4/c1-4-11-5-7-13(8-6-11)22-10-12(19)9-18-14(20)16(2,3)17-15(18)21/h5-8,12,19H,4,9-10H2,1-3H3,(H,17,21)/t12-/m0/s1. The van der Waals surface area contributed by atoms with E-state index in [-0.39, 0.29) is 19.1 Å². The molecule has 120 valence electrons. The molecule has 2 N–H and O–H groups in total. The summed E-state index contributed by atoms with van der Waals surface area (Å²) in [6.07, 6.45) is 0.0136. The summed E-state index contributed by atoms with van der Waals surface area (Å²) in [5.74, 6) is 0.303. The molecule has 0 radical (unpaired) electrons. The van der Waals surface area contributed by atoms with Crippen molar-refractivity contribution in [2.24, 2.45) is 0 Å². The van der Waals surface area contributed by atoms with Crippen LogP contribution < -0.4 is 10.1 Å². The molecule has 6 nitrogen and oxygen atoms in total. The summed E-state index contributed by atoms with van der Waals surface area (Å²) in [5, 5.41) is 12.5. The first-order valence-corrected chi connectivity index (χ1v) is 7.37. The summed E-state index contributed by atoms with van der Waals surface area (Å²) in [4.78, 5) is 24.8. The summed E-state index contributed by atoms with van der Waals surface area (Å²) in [6, 6.07) is 7.11. The molecule has 0 bridgehead atoms. The molecule has 0 unspecified atom stereocenters. The first-order chi connectivity index (χ1) is 10.3. The zero-order valence-corrected chi connectivity index (χ0v) is 13.1. The molecule has 1 aliphatic rings. The van der Waals surface area contributed by atoms with Crippen molar-refractivity contribution in [3.8, 4) is 5.75 Å². The van der Waals surface area contributed by atoms with E-state index in [9.17, 15) is 14.7 Å². The zero-order chi connectivity index (χ0) is 16.3. The highest BCUT2D eigenvalue weighted by atomic mass is 16.5. The topological polar surface area (TPSA) is 78.9 Å². The molecular formula is C16H22N2O4. The van der Waals surface area contributed by atoms with Crippen LogP contribution in [0.15, 0.2) is 24.3 Å². The van der Waals surface area contributed by atoms with Crippen LogP contribution in [0, 0.1) is 0 Å². The van der Waals surface area contributed by atoms with Gasteiger partial charge < -0.3 is 15.2 Å². The van der Waals surface area contributed by atoms with Crippen LogP contribution in [-0.2, 0) is 11.2 Å². The summed E-state index contributed by atoms with van der Waals surface area (Å²) < 4.78 is 5.48. The molecule has 0 aromatic heterocycles. The van der Waals surface area contributed by atoms with E-state index < -0.39 is 17.7 Å². The normalized spacial score (nSPS) is 18.3. The molecule has 2 rings (SSSR count). The number of nitrogens with zero attached hydrogens (tertiary/aromatic N) is 1. The number of hydrogen-bond donors (Lipinski definition) is 2. The molecule has 0 spiro atoms. The Balaban J connectivity index is 1.86. The third kappa shape index (κ3) is 3.57. The molecule has 1 atom stereocenters. The lowest BCUT2D eigenvalue weighted by Gasteiger charge is -2.19. The number of carbonyl (C=O) groups excluding carboxylic acids is 2. The van der Waals surface area contributed by atoms with Gasteiger partial charge in [-0.05, 0) is 38.0 Å². The molecule has 22 heavy (non-hydrogen) atoms. The van der Waals surface area contributed by atoms with Gasteiger partial charge in [-0.1, -0.05) is 19.1 Å². The second-order valence-electron chi connectivity index (χ2n) is 5.93. The zero-order valence-electron chi connectivity index (χ0n) is 13.1. The molecule has 1 aromatic rings. The van der Waals surface area contributed by atoms with E-state index in [4.69, 9.17) is 4.74 Å². The van der Waals surface area contributed by atoms with Gasteiger partial charge in [0.05, 0.1) is 6.54 Å². The number of urea groups is 1. The van der Waals surface area contributed by atoms with E-state index in [2.05, 4.69) is 12.2 Å². The van der Waals surface area contributed by atoms with Gasteiger partial charge in [0.25, 0.3) is 5.91 Å². The third-order valence-electron chi connectivity index (χ3n) is 3.61. The Bertz CT molecular complexity index is 554. The SMILES string of the molecule is CCc1ccc(OC[C@@H](O)CN2C(=O)NC(C)(C)C2=O)cc1. The van der Waals surface area contributed by atoms with Crippen molar-refractivity contribution in [3.63, 3.8) is 0 Å². The lowest BCUT2D eigenvalue weighted by molar-refractivity contribution is -0.131. The number of aliphatic hydroxyl groups is 1. The number of amides is 3. The molecule has 1 fully saturated rings. The molecule has 0 aliphatic carbocycles. The number of aryl methyl sites for hydroxylation is 1. The highest BCUT2D eigenvalue weighted by Crippen LogP contribution is 2.17. The quantitative estimate of drug-likeness (QED) is 0.777. The predicted octanol–water partition coefficient (Wildman–Crippen LogP) is 1.32. The number of rotatable bonds is 6. The minimum absolute atomic E-state index is 0.0168. The smallest absolute Gasteiger partial charge is 0.325 e. The molecule has 6 heteroatoms. The van der Waals surface area contributed by atoms with Crippen molar-refractivity contribution in [2.75, 3.05) is 13.2 Å². The van der Waals surface area contributed by atoms with Gasteiger partial charge in [0.15, 0.2) is 0 Å². The van der Waals surface area contributed by atoms with Crippen molar-refractivity contribution in [3.05, 3.63) is 29.8 Å². The van der Waals surface area contributed by atoms with Crippen LogP contribution in [0.1, 0.15) is 26.3 Å². The van der Waals surface area contributed by atoms with Crippen LogP contribution in [0.5, 0.6) is 5.75 Å². The van der Waals surface area contributed by atoms with Crippen LogP contribution >= 0.6 is 0 Å². The predicted molar refractivity (Wildman–Crippen MR) is 81.6 cm³/mol. The van der Waals surface area contributed by atoms with Gasteiger partial charge >= 0.3 is 6.03 Å². The van der Waals surface area contributed by atoms with E-state index in [1.165, 1.54) is 5.56 Å². The van der Waals surface area contributed by atoms with Gasteiger partial charge in [-0.25, -0.2) is 4.79 Å². The molecule has 1 aromatic carbocycles. The van der Waals surface area contributed by atoms with Crippen LogP contribution in [0.25, 0.3) is 0 Å². The number of β-amino-alcohol motifs (C(OH)–C–C–N with tert-alkyl or cyclic N) is 1. The van der Waals surface area contributed by atoms with Crippen molar-refractivity contribution in [1.29, 1.82) is 0 Å². The maximum Gasteiger partial charge on any atom is 0.325 e. The fraction of sp³-hybridized carbons (Fsp3) is 0.500. The van der Waals surface area contributed by atoms with Crippen LogP contribution in [0.4, 0.5) is 4.79 Å².